The lowest BCUT2D eigenvalue weighted by Gasteiger charge is -2.07. The minimum atomic E-state index is -0.0628. The first kappa shape index (κ1) is 13.3. The molecule has 0 saturated carbocycles. The maximum Gasteiger partial charge on any atom is 0.256 e. The summed E-state index contributed by atoms with van der Waals surface area (Å²) in [5.41, 5.74) is 11.1. The molecule has 1 aromatic carbocycles. The van der Waals surface area contributed by atoms with E-state index in [9.17, 15) is 0 Å². The van der Waals surface area contributed by atoms with E-state index in [0.29, 0.717) is 11.5 Å². The van der Waals surface area contributed by atoms with E-state index in [4.69, 9.17) is 26.2 Å². The van der Waals surface area contributed by atoms with Crippen molar-refractivity contribution in [3.05, 3.63) is 23.8 Å². The average Bonchev–Trinajstić information content (AvgIpc) is 2.36. The molecule has 0 aliphatic rings. The zero-order valence-corrected chi connectivity index (χ0v) is 9.88. The van der Waals surface area contributed by atoms with Gasteiger partial charge in [-0.3, -0.25) is 0 Å². The molecule has 0 amide bonds. The zero-order chi connectivity index (χ0) is 13.4. The Labute approximate surface area is 104 Å². The van der Waals surface area contributed by atoms with Crippen LogP contribution < -0.4 is 26.0 Å². The minimum Gasteiger partial charge on any atom is -0.493 e. The quantitative estimate of drug-likeness (QED) is 0.325. The Hall–Kier alpha value is -2.75. The van der Waals surface area contributed by atoms with Crippen molar-refractivity contribution >= 4 is 12.2 Å². The van der Waals surface area contributed by atoms with Gasteiger partial charge in [0.25, 0.3) is 5.96 Å². The number of nitriles is 1. The Kier molecular flexibility index (Phi) is 4.99. The van der Waals surface area contributed by atoms with Crippen LogP contribution in [0.4, 0.5) is 0 Å². The van der Waals surface area contributed by atoms with Crippen molar-refractivity contribution in [2.45, 2.75) is 0 Å². The summed E-state index contributed by atoms with van der Waals surface area (Å²) in [4.78, 5) is 0. The van der Waals surface area contributed by atoms with E-state index in [1.807, 2.05) is 6.07 Å². The van der Waals surface area contributed by atoms with Crippen molar-refractivity contribution in [1.82, 2.24) is 0 Å². The van der Waals surface area contributed by atoms with Crippen LogP contribution in [0.5, 0.6) is 11.5 Å². The second kappa shape index (κ2) is 6.75. The number of methoxy groups -OCH3 is 1. The molecule has 7 nitrogen and oxygen atoms in total. The number of rotatable bonds is 5. The van der Waals surface area contributed by atoms with E-state index in [1.165, 1.54) is 7.11 Å². The van der Waals surface area contributed by atoms with Crippen molar-refractivity contribution < 1.29 is 14.6 Å². The maximum atomic E-state index is 8.44. The molecule has 94 valence electrons. The number of nitrogens with two attached hydrogens (primary N) is 2. The number of hydrogen-bond donors (Lipinski definition) is 3. The molecule has 0 unspecified atom stereocenters. The molecule has 5 N–H and O–H groups in total. The third kappa shape index (κ3) is 4.02. The van der Waals surface area contributed by atoms with Gasteiger partial charge in [-0.25, -0.2) is 0 Å². The van der Waals surface area contributed by atoms with Crippen LogP contribution in [0.1, 0.15) is 5.56 Å². The summed E-state index contributed by atoms with van der Waals surface area (Å²) in [5, 5.41) is 14.6. The van der Waals surface area contributed by atoms with Crippen LogP contribution in [-0.4, -0.2) is 25.9 Å². The van der Waals surface area contributed by atoms with Crippen molar-refractivity contribution in [1.29, 1.82) is 5.26 Å². The third-order valence-electron chi connectivity index (χ3n) is 1.90. The largest absolute Gasteiger partial charge is 0.493 e. The number of hydrazone groups is 1. The smallest absolute Gasteiger partial charge is 0.256 e. The van der Waals surface area contributed by atoms with Gasteiger partial charge in [0.2, 0.25) is 6.21 Å². The fourth-order valence-corrected chi connectivity index (χ4v) is 1.18. The first-order chi connectivity index (χ1) is 8.67. The van der Waals surface area contributed by atoms with Crippen LogP contribution >= 0.6 is 0 Å². The molecule has 0 fully saturated rings. The molecule has 0 spiro atoms. The van der Waals surface area contributed by atoms with Crippen molar-refractivity contribution in [3.8, 4) is 17.6 Å². The number of guanidine groups is 1. The highest BCUT2D eigenvalue weighted by molar-refractivity contribution is 5.78. The van der Waals surface area contributed by atoms with Crippen molar-refractivity contribution in [2.75, 3.05) is 13.7 Å². The molecule has 0 radical (unpaired) electrons. The first-order valence-corrected chi connectivity index (χ1v) is 5.02. The number of nitrogens with one attached hydrogen (secondary N) is 1. The number of ether oxygens (including phenoxy) is 2. The number of hydrogen-bond acceptors (Lipinski definition) is 4. The summed E-state index contributed by atoms with van der Waals surface area (Å²) in [6.07, 6.45) is 1.59. The SMILES string of the molecule is COc1cc(/C=[NH+]\N=C(N)N)ccc1OCC#N. The normalized spacial score (nSPS) is 9.78. The molecule has 1 aromatic rings. The van der Waals surface area contributed by atoms with Gasteiger partial charge >= 0.3 is 0 Å². The summed E-state index contributed by atoms with van der Waals surface area (Å²) in [7, 11) is 1.52. The van der Waals surface area contributed by atoms with Crippen LogP contribution in [0, 0.1) is 11.3 Å². The Morgan fingerprint density at radius 3 is 2.89 bits per heavy atom. The Morgan fingerprint density at radius 1 is 1.50 bits per heavy atom. The highest BCUT2D eigenvalue weighted by Gasteiger charge is 2.05. The van der Waals surface area contributed by atoms with Gasteiger partial charge in [0.15, 0.2) is 18.1 Å². The molecule has 0 saturated heterocycles. The fraction of sp³-hybridized carbons (Fsp3) is 0.182. The lowest BCUT2D eigenvalue weighted by Crippen LogP contribution is -2.63. The summed E-state index contributed by atoms with van der Waals surface area (Å²) >= 11 is 0. The van der Waals surface area contributed by atoms with Gasteiger partial charge in [-0.1, -0.05) is 0 Å². The van der Waals surface area contributed by atoms with E-state index in [2.05, 4.69) is 10.2 Å². The number of nitrogens with zero attached hydrogens (tertiary/aromatic N) is 2. The Balaban J connectivity index is 2.88. The average molecular weight is 248 g/mol. The van der Waals surface area contributed by atoms with Gasteiger partial charge in [0.05, 0.1) is 7.11 Å². The lowest BCUT2D eigenvalue weighted by molar-refractivity contribution is -0.456. The summed E-state index contributed by atoms with van der Waals surface area (Å²) in [5.74, 6) is 0.954. The molecule has 1 rings (SSSR count). The molecule has 18 heavy (non-hydrogen) atoms. The standard InChI is InChI=1S/C11H13N5O2/c1-17-10-6-8(7-15-16-11(13)14)2-3-9(10)18-5-4-12/h2-3,6-7H,5H2,1H3,(H4,13,14,16)/p+1/b15-7-. The lowest BCUT2D eigenvalue weighted by atomic mass is 10.2. The van der Waals surface area contributed by atoms with Gasteiger partial charge in [-0.15, -0.1) is 5.10 Å². The highest BCUT2D eigenvalue weighted by Crippen LogP contribution is 2.27. The summed E-state index contributed by atoms with van der Waals surface area (Å²) < 4.78 is 10.3. The summed E-state index contributed by atoms with van der Waals surface area (Å²) in [6.45, 7) is -0.0360. The molecular weight excluding hydrogens is 234 g/mol. The predicted octanol–water partition coefficient (Wildman–Crippen LogP) is -1.71. The van der Waals surface area contributed by atoms with E-state index < -0.39 is 0 Å². The second-order valence-electron chi connectivity index (χ2n) is 3.17. The van der Waals surface area contributed by atoms with E-state index in [1.54, 1.807) is 24.4 Å². The summed E-state index contributed by atoms with van der Waals surface area (Å²) in [6, 6.07) is 7.07. The molecule has 0 atom stereocenters. The second-order valence-corrected chi connectivity index (χ2v) is 3.17. The van der Waals surface area contributed by atoms with Crippen LogP contribution in [-0.2, 0) is 0 Å². The number of benzene rings is 1. The predicted molar refractivity (Wildman–Crippen MR) is 66.0 cm³/mol. The van der Waals surface area contributed by atoms with Crippen LogP contribution in [0.3, 0.4) is 0 Å². The molecule has 0 aliphatic heterocycles. The Bertz CT molecular complexity index is 501. The van der Waals surface area contributed by atoms with Gasteiger partial charge in [0, 0.05) is 10.7 Å². The minimum absolute atomic E-state index is 0.0360. The molecule has 0 heterocycles. The third-order valence-corrected chi connectivity index (χ3v) is 1.90. The topological polar surface area (TPSA) is 121 Å². The van der Waals surface area contributed by atoms with Crippen molar-refractivity contribution in [3.63, 3.8) is 0 Å². The molecule has 7 heteroatoms. The Morgan fingerprint density at radius 2 is 2.28 bits per heavy atom. The van der Waals surface area contributed by atoms with Gasteiger partial charge in [-0.05, 0) is 18.2 Å². The molecular formula is C11H14N5O2+. The van der Waals surface area contributed by atoms with E-state index in [0.717, 1.165) is 5.56 Å². The van der Waals surface area contributed by atoms with Crippen LogP contribution in [0.15, 0.2) is 23.3 Å². The fourth-order valence-electron chi connectivity index (χ4n) is 1.18. The maximum absolute atomic E-state index is 8.44. The van der Waals surface area contributed by atoms with Gasteiger partial charge < -0.3 is 20.9 Å². The molecule has 0 aliphatic carbocycles. The van der Waals surface area contributed by atoms with E-state index in [-0.39, 0.29) is 12.6 Å². The molecule has 0 bridgehead atoms. The van der Waals surface area contributed by atoms with Crippen LogP contribution in [0.2, 0.25) is 0 Å². The molecule has 0 aromatic heterocycles. The van der Waals surface area contributed by atoms with Gasteiger partial charge in [-0.2, -0.15) is 5.26 Å². The monoisotopic (exact) mass is 248 g/mol. The van der Waals surface area contributed by atoms with Crippen molar-refractivity contribution in [2.24, 2.45) is 16.6 Å². The zero-order valence-electron chi connectivity index (χ0n) is 9.88. The van der Waals surface area contributed by atoms with E-state index >= 15 is 0 Å². The van der Waals surface area contributed by atoms with Crippen LogP contribution in [0.25, 0.3) is 0 Å². The van der Waals surface area contributed by atoms with Gasteiger partial charge in [0.1, 0.15) is 6.07 Å². The highest BCUT2D eigenvalue weighted by atomic mass is 16.5. The first-order valence-electron chi connectivity index (χ1n) is 5.02.